The lowest BCUT2D eigenvalue weighted by Gasteiger charge is -2.06. The van der Waals surface area contributed by atoms with Crippen molar-refractivity contribution in [3.8, 4) is 6.07 Å². The van der Waals surface area contributed by atoms with Crippen molar-refractivity contribution in [2.45, 2.75) is 6.92 Å². The van der Waals surface area contributed by atoms with Crippen molar-refractivity contribution in [2.75, 3.05) is 18.4 Å². The molecule has 2 N–H and O–H groups in total. The van der Waals surface area contributed by atoms with Gasteiger partial charge in [-0.1, -0.05) is 0 Å². The van der Waals surface area contributed by atoms with Crippen LogP contribution in [0.25, 0.3) is 0 Å². The fraction of sp³-hybridized carbons (Fsp3) is 0.214. The van der Waals surface area contributed by atoms with Crippen molar-refractivity contribution in [1.82, 2.24) is 10.3 Å². The van der Waals surface area contributed by atoms with Crippen LogP contribution in [0.4, 0.5) is 5.82 Å². The minimum Gasteiger partial charge on any atom is -0.469 e. The Balaban J connectivity index is 1.75. The van der Waals surface area contributed by atoms with Crippen LogP contribution in [0.15, 0.2) is 35.1 Å². The topological polar surface area (TPSA) is 91.0 Å². The molecule has 0 aromatic carbocycles. The number of hydrogen-bond acceptors (Lipinski definition) is 5. The molecule has 0 aliphatic rings. The third-order valence-electron chi connectivity index (χ3n) is 2.71. The molecule has 20 heavy (non-hydrogen) atoms. The number of nitriles is 1. The Morgan fingerprint density at radius 3 is 2.85 bits per heavy atom. The van der Waals surface area contributed by atoms with Crippen LogP contribution < -0.4 is 10.6 Å². The van der Waals surface area contributed by atoms with Crippen molar-refractivity contribution in [3.63, 3.8) is 0 Å². The smallest absolute Gasteiger partial charge is 0.254 e. The molecule has 0 saturated carbocycles. The number of nitrogens with zero attached hydrogens (tertiary/aromatic N) is 2. The summed E-state index contributed by atoms with van der Waals surface area (Å²) in [7, 11) is 0. The average molecular weight is 270 g/mol. The molecule has 0 aliphatic carbocycles. The number of anilines is 1. The van der Waals surface area contributed by atoms with Gasteiger partial charge >= 0.3 is 0 Å². The zero-order chi connectivity index (χ0) is 14.4. The molecule has 2 rings (SSSR count). The number of aryl methyl sites for hydroxylation is 1. The maximum Gasteiger partial charge on any atom is 0.254 e. The highest BCUT2D eigenvalue weighted by Gasteiger charge is 2.09. The van der Waals surface area contributed by atoms with Gasteiger partial charge in [0.1, 0.15) is 17.6 Å². The van der Waals surface area contributed by atoms with E-state index in [0.29, 0.717) is 35.8 Å². The third kappa shape index (κ3) is 3.36. The largest absolute Gasteiger partial charge is 0.469 e. The van der Waals surface area contributed by atoms with Gasteiger partial charge in [0, 0.05) is 19.3 Å². The highest BCUT2D eigenvalue weighted by molar-refractivity contribution is 5.95. The molecule has 0 radical (unpaired) electrons. The minimum atomic E-state index is -0.161. The number of nitrogens with one attached hydrogen (secondary N) is 2. The molecule has 2 aromatic rings. The standard InChI is InChI=1S/C14H14N4O2/c1-10-12(4-7-20-10)14(19)17-6-5-16-13-3-2-11(8-15)9-18-13/h2-4,7,9H,5-6H2,1H3,(H,16,18)(H,17,19). The van der Waals surface area contributed by atoms with Gasteiger partial charge in [-0.15, -0.1) is 0 Å². The average Bonchev–Trinajstić information content (AvgIpc) is 2.90. The van der Waals surface area contributed by atoms with Gasteiger partial charge in [0.25, 0.3) is 5.91 Å². The zero-order valence-corrected chi connectivity index (χ0v) is 11.0. The molecule has 102 valence electrons. The number of carbonyl (C=O) groups is 1. The number of carbonyl (C=O) groups excluding carboxylic acids is 1. The monoisotopic (exact) mass is 270 g/mol. The fourth-order valence-electron chi connectivity index (χ4n) is 1.65. The number of pyridine rings is 1. The van der Waals surface area contributed by atoms with E-state index in [4.69, 9.17) is 9.68 Å². The van der Waals surface area contributed by atoms with Gasteiger partial charge in [-0.05, 0) is 25.1 Å². The molecule has 0 fully saturated rings. The number of amides is 1. The second-order valence-corrected chi connectivity index (χ2v) is 4.12. The molecule has 6 heteroatoms. The van der Waals surface area contributed by atoms with E-state index in [9.17, 15) is 4.79 Å². The van der Waals surface area contributed by atoms with Crippen molar-refractivity contribution < 1.29 is 9.21 Å². The summed E-state index contributed by atoms with van der Waals surface area (Å²) in [6.45, 7) is 2.75. The summed E-state index contributed by atoms with van der Waals surface area (Å²) in [5, 5.41) is 14.5. The Bertz CT molecular complexity index is 625. The van der Waals surface area contributed by atoms with E-state index in [1.165, 1.54) is 12.5 Å². The fourth-order valence-corrected chi connectivity index (χ4v) is 1.65. The van der Waals surface area contributed by atoms with Gasteiger partial charge in [-0.25, -0.2) is 4.98 Å². The van der Waals surface area contributed by atoms with E-state index in [0.717, 1.165) is 0 Å². The Morgan fingerprint density at radius 2 is 2.25 bits per heavy atom. The summed E-state index contributed by atoms with van der Waals surface area (Å²) >= 11 is 0. The molecule has 2 heterocycles. The van der Waals surface area contributed by atoms with Gasteiger partial charge in [-0.3, -0.25) is 4.79 Å². The number of aromatic nitrogens is 1. The van der Waals surface area contributed by atoms with Gasteiger partial charge in [0.2, 0.25) is 0 Å². The second kappa shape index (κ2) is 6.38. The second-order valence-electron chi connectivity index (χ2n) is 4.12. The van der Waals surface area contributed by atoms with Gasteiger partial charge in [-0.2, -0.15) is 5.26 Å². The number of hydrogen-bond donors (Lipinski definition) is 2. The van der Waals surface area contributed by atoms with Crippen LogP contribution in [0.1, 0.15) is 21.7 Å². The van der Waals surface area contributed by atoms with E-state index in [2.05, 4.69) is 15.6 Å². The van der Waals surface area contributed by atoms with E-state index in [1.54, 1.807) is 25.1 Å². The minimum absolute atomic E-state index is 0.161. The summed E-state index contributed by atoms with van der Waals surface area (Å²) < 4.78 is 5.07. The molecule has 0 bridgehead atoms. The summed E-state index contributed by atoms with van der Waals surface area (Å²) in [6.07, 6.45) is 2.99. The van der Waals surface area contributed by atoms with Crippen LogP contribution in [0.2, 0.25) is 0 Å². The van der Waals surface area contributed by atoms with Crippen LogP contribution in [-0.4, -0.2) is 24.0 Å². The number of furan rings is 1. The highest BCUT2D eigenvalue weighted by Crippen LogP contribution is 2.08. The first-order valence-electron chi connectivity index (χ1n) is 6.13. The van der Waals surface area contributed by atoms with Crippen LogP contribution in [0.3, 0.4) is 0 Å². The summed E-state index contributed by atoms with van der Waals surface area (Å²) in [5.41, 5.74) is 1.06. The van der Waals surface area contributed by atoms with Crippen molar-refractivity contribution in [2.24, 2.45) is 0 Å². The van der Waals surface area contributed by atoms with Crippen molar-refractivity contribution in [3.05, 3.63) is 47.5 Å². The van der Waals surface area contributed by atoms with Crippen molar-refractivity contribution >= 4 is 11.7 Å². The summed E-state index contributed by atoms with van der Waals surface area (Å²) in [6, 6.07) is 7.05. The molecule has 2 aromatic heterocycles. The van der Waals surface area contributed by atoms with Crippen LogP contribution >= 0.6 is 0 Å². The van der Waals surface area contributed by atoms with Gasteiger partial charge < -0.3 is 15.1 Å². The van der Waals surface area contributed by atoms with Crippen LogP contribution in [0, 0.1) is 18.3 Å². The van der Waals surface area contributed by atoms with Crippen LogP contribution in [-0.2, 0) is 0 Å². The first-order valence-corrected chi connectivity index (χ1v) is 6.13. The van der Waals surface area contributed by atoms with E-state index < -0.39 is 0 Å². The molecular formula is C14H14N4O2. The third-order valence-corrected chi connectivity index (χ3v) is 2.71. The van der Waals surface area contributed by atoms with Crippen molar-refractivity contribution in [1.29, 1.82) is 5.26 Å². The quantitative estimate of drug-likeness (QED) is 0.807. The highest BCUT2D eigenvalue weighted by atomic mass is 16.3. The van der Waals surface area contributed by atoms with Gasteiger partial charge in [0.05, 0.1) is 17.4 Å². The van der Waals surface area contributed by atoms with E-state index in [1.807, 2.05) is 6.07 Å². The van der Waals surface area contributed by atoms with E-state index >= 15 is 0 Å². The first kappa shape index (κ1) is 13.6. The maximum atomic E-state index is 11.8. The van der Waals surface area contributed by atoms with Gasteiger partial charge in [0.15, 0.2) is 0 Å². The molecular weight excluding hydrogens is 256 g/mol. The molecule has 0 unspecified atom stereocenters. The Hall–Kier alpha value is -2.81. The molecule has 0 aliphatic heterocycles. The van der Waals surface area contributed by atoms with E-state index in [-0.39, 0.29) is 5.91 Å². The summed E-state index contributed by atoms with van der Waals surface area (Å²) in [4.78, 5) is 15.8. The number of rotatable bonds is 5. The Morgan fingerprint density at radius 1 is 1.40 bits per heavy atom. The lowest BCUT2D eigenvalue weighted by molar-refractivity contribution is 0.0953. The molecule has 1 amide bonds. The summed E-state index contributed by atoms with van der Waals surface area (Å²) in [5.74, 6) is 1.10. The molecule has 0 atom stereocenters. The molecule has 6 nitrogen and oxygen atoms in total. The Kier molecular flexibility index (Phi) is 4.35. The SMILES string of the molecule is Cc1occc1C(=O)NCCNc1ccc(C#N)cn1. The predicted octanol–water partition coefficient (Wildman–Crippen LogP) is 1.70. The first-order chi connectivity index (χ1) is 9.70. The molecule has 0 saturated heterocycles. The molecule has 0 spiro atoms. The normalized spacial score (nSPS) is 9.80. The zero-order valence-electron chi connectivity index (χ0n) is 11.0. The maximum absolute atomic E-state index is 11.8. The lowest BCUT2D eigenvalue weighted by Crippen LogP contribution is -2.29. The predicted molar refractivity (Wildman–Crippen MR) is 73.2 cm³/mol. The van der Waals surface area contributed by atoms with Crippen LogP contribution in [0.5, 0.6) is 0 Å². The lowest BCUT2D eigenvalue weighted by atomic mass is 10.2. The Labute approximate surface area is 116 Å².